The molecule has 0 aromatic rings. The van der Waals surface area contributed by atoms with E-state index in [1.54, 1.807) is 0 Å². The van der Waals surface area contributed by atoms with Gasteiger partial charge in [0, 0.05) is 11.4 Å². The molecule has 1 saturated heterocycles. The predicted octanol–water partition coefficient (Wildman–Crippen LogP) is 3.76. The molecule has 0 saturated carbocycles. The zero-order valence-electron chi connectivity index (χ0n) is 8.76. The lowest BCUT2D eigenvalue weighted by Gasteiger charge is -2.15. The van der Waals surface area contributed by atoms with Crippen LogP contribution in [0.25, 0.3) is 0 Å². The molecule has 1 nitrogen and oxygen atoms in total. The van der Waals surface area contributed by atoms with Crippen molar-refractivity contribution in [2.45, 2.75) is 56.9 Å². The van der Waals surface area contributed by atoms with Gasteiger partial charge in [-0.05, 0) is 38.0 Å². The molecule has 0 bridgehead atoms. The Morgan fingerprint density at radius 2 is 2.23 bits per heavy atom. The lowest BCUT2D eigenvalue weighted by Crippen LogP contribution is -2.09. The van der Waals surface area contributed by atoms with Gasteiger partial charge in [0.15, 0.2) is 0 Å². The Balaban J connectivity index is 2.03. The molecule has 3 atom stereocenters. The number of hydrogen-bond donors (Lipinski definition) is 0. The summed E-state index contributed by atoms with van der Waals surface area (Å²) in [7, 11) is 0. The number of hydrogen-bond acceptors (Lipinski definition) is 1. The average Bonchev–Trinajstić information content (AvgIpc) is 2.51. The highest BCUT2D eigenvalue weighted by Crippen LogP contribution is 2.22. The van der Waals surface area contributed by atoms with Crippen molar-refractivity contribution in [1.82, 2.24) is 0 Å². The van der Waals surface area contributed by atoms with E-state index in [2.05, 4.69) is 29.8 Å². The van der Waals surface area contributed by atoms with Gasteiger partial charge in [0.25, 0.3) is 0 Å². The van der Waals surface area contributed by atoms with Crippen molar-refractivity contribution in [2.75, 3.05) is 6.61 Å². The molecule has 0 aromatic carbocycles. The average molecular weight is 249 g/mol. The van der Waals surface area contributed by atoms with Crippen LogP contribution in [0.15, 0.2) is 0 Å². The first kappa shape index (κ1) is 11.5. The first-order valence-electron chi connectivity index (χ1n) is 5.44. The Morgan fingerprint density at radius 3 is 2.77 bits per heavy atom. The van der Waals surface area contributed by atoms with E-state index in [1.807, 2.05) is 0 Å². The van der Waals surface area contributed by atoms with Gasteiger partial charge in [-0.25, -0.2) is 0 Å². The van der Waals surface area contributed by atoms with Crippen LogP contribution in [-0.2, 0) is 4.74 Å². The number of halogens is 1. The molecule has 2 heteroatoms. The highest BCUT2D eigenvalue weighted by Gasteiger charge is 2.16. The molecule has 1 heterocycles. The SMILES string of the molecule is CC(Br)CC(C)CCC1CCCO1. The van der Waals surface area contributed by atoms with E-state index >= 15 is 0 Å². The number of ether oxygens (including phenoxy) is 1. The van der Waals surface area contributed by atoms with Crippen LogP contribution >= 0.6 is 15.9 Å². The van der Waals surface area contributed by atoms with Crippen LogP contribution in [0.1, 0.15) is 46.0 Å². The second-order valence-electron chi connectivity index (χ2n) is 4.33. The maximum absolute atomic E-state index is 5.60. The Kier molecular flexibility index (Phi) is 5.34. The number of alkyl halides is 1. The van der Waals surface area contributed by atoms with Crippen molar-refractivity contribution in [3.63, 3.8) is 0 Å². The predicted molar refractivity (Wildman–Crippen MR) is 60.4 cm³/mol. The van der Waals surface area contributed by atoms with Gasteiger partial charge in [-0.1, -0.05) is 29.8 Å². The minimum absolute atomic E-state index is 0.577. The van der Waals surface area contributed by atoms with E-state index in [4.69, 9.17) is 4.74 Å². The molecular formula is C11H21BrO. The largest absolute Gasteiger partial charge is 0.378 e. The molecule has 78 valence electrons. The normalized spacial score (nSPS) is 27.5. The summed E-state index contributed by atoms with van der Waals surface area (Å²) in [5, 5.41) is 0. The van der Waals surface area contributed by atoms with Gasteiger partial charge < -0.3 is 4.74 Å². The van der Waals surface area contributed by atoms with E-state index < -0.39 is 0 Å². The monoisotopic (exact) mass is 248 g/mol. The topological polar surface area (TPSA) is 9.23 Å². The molecule has 1 fully saturated rings. The minimum atomic E-state index is 0.577. The van der Waals surface area contributed by atoms with Crippen molar-refractivity contribution < 1.29 is 4.74 Å². The number of rotatable bonds is 5. The fraction of sp³-hybridized carbons (Fsp3) is 1.00. The molecule has 1 aliphatic heterocycles. The Hall–Kier alpha value is 0.440. The van der Waals surface area contributed by atoms with Gasteiger partial charge in [0.1, 0.15) is 0 Å². The lowest BCUT2D eigenvalue weighted by atomic mass is 9.97. The molecule has 13 heavy (non-hydrogen) atoms. The highest BCUT2D eigenvalue weighted by molar-refractivity contribution is 9.09. The molecule has 0 N–H and O–H groups in total. The third kappa shape index (κ3) is 5.02. The maximum atomic E-state index is 5.60. The summed E-state index contributed by atoms with van der Waals surface area (Å²) in [5.41, 5.74) is 0. The molecule has 0 radical (unpaired) electrons. The van der Waals surface area contributed by atoms with Crippen LogP contribution in [0, 0.1) is 5.92 Å². The minimum Gasteiger partial charge on any atom is -0.378 e. The Morgan fingerprint density at radius 1 is 1.46 bits per heavy atom. The van der Waals surface area contributed by atoms with Crippen molar-refractivity contribution in [1.29, 1.82) is 0 Å². The summed E-state index contributed by atoms with van der Waals surface area (Å²) >= 11 is 3.60. The zero-order valence-corrected chi connectivity index (χ0v) is 10.3. The summed E-state index contributed by atoms with van der Waals surface area (Å²) in [6.45, 7) is 5.56. The fourth-order valence-electron chi connectivity index (χ4n) is 2.01. The van der Waals surface area contributed by atoms with Crippen LogP contribution in [0.2, 0.25) is 0 Å². The lowest BCUT2D eigenvalue weighted by molar-refractivity contribution is 0.0984. The summed E-state index contributed by atoms with van der Waals surface area (Å²) in [6, 6.07) is 0. The summed E-state index contributed by atoms with van der Waals surface area (Å²) < 4.78 is 5.60. The van der Waals surface area contributed by atoms with E-state index in [0.29, 0.717) is 10.9 Å². The van der Waals surface area contributed by atoms with Crippen LogP contribution in [0.5, 0.6) is 0 Å². The standard InChI is InChI=1S/C11H21BrO/c1-9(8-10(2)12)5-6-11-4-3-7-13-11/h9-11H,3-8H2,1-2H3. The molecule has 0 aliphatic carbocycles. The fourth-order valence-corrected chi connectivity index (χ4v) is 2.65. The molecule has 1 rings (SSSR count). The molecule has 0 spiro atoms. The molecule has 3 unspecified atom stereocenters. The second-order valence-corrected chi connectivity index (χ2v) is 5.90. The van der Waals surface area contributed by atoms with Gasteiger partial charge >= 0.3 is 0 Å². The van der Waals surface area contributed by atoms with Crippen LogP contribution in [-0.4, -0.2) is 17.5 Å². The van der Waals surface area contributed by atoms with Gasteiger partial charge in [-0.3, -0.25) is 0 Å². The third-order valence-electron chi connectivity index (χ3n) is 2.73. The van der Waals surface area contributed by atoms with Gasteiger partial charge in [-0.2, -0.15) is 0 Å². The van der Waals surface area contributed by atoms with Crippen LogP contribution in [0.4, 0.5) is 0 Å². The Bertz CT molecular complexity index is 130. The summed E-state index contributed by atoms with van der Waals surface area (Å²) in [6.07, 6.45) is 7.01. The molecule has 1 aliphatic rings. The maximum Gasteiger partial charge on any atom is 0.0576 e. The van der Waals surface area contributed by atoms with Gasteiger partial charge in [0.2, 0.25) is 0 Å². The van der Waals surface area contributed by atoms with Crippen molar-refractivity contribution in [3.8, 4) is 0 Å². The van der Waals surface area contributed by atoms with Crippen LogP contribution in [0.3, 0.4) is 0 Å². The molecular weight excluding hydrogens is 228 g/mol. The second kappa shape index (κ2) is 6.02. The first-order chi connectivity index (χ1) is 6.18. The van der Waals surface area contributed by atoms with E-state index in [0.717, 1.165) is 12.5 Å². The van der Waals surface area contributed by atoms with Gasteiger partial charge in [0.05, 0.1) is 6.10 Å². The van der Waals surface area contributed by atoms with Crippen LogP contribution < -0.4 is 0 Å². The molecule has 0 amide bonds. The van der Waals surface area contributed by atoms with Crippen molar-refractivity contribution >= 4 is 15.9 Å². The van der Waals surface area contributed by atoms with E-state index in [-0.39, 0.29) is 0 Å². The smallest absolute Gasteiger partial charge is 0.0576 e. The summed E-state index contributed by atoms with van der Waals surface area (Å²) in [5.74, 6) is 0.832. The molecule has 0 aromatic heterocycles. The van der Waals surface area contributed by atoms with Crippen molar-refractivity contribution in [2.24, 2.45) is 5.92 Å². The van der Waals surface area contributed by atoms with Crippen molar-refractivity contribution in [3.05, 3.63) is 0 Å². The van der Waals surface area contributed by atoms with E-state index in [1.165, 1.54) is 32.1 Å². The quantitative estimate of drug-likeness (QED) is 0.674. The third-order valence-corrected chi connectivity index (χ3v) is 3.11. The van der Waals surface area contributed by atoms with Gasteiger partial charge in [-0.15, -0.1) is 0 Å². The highest BCUT2D eigenvalue weighted by atomic mass is 79.9. The van der Waals surface area contributed by atoms with E-state index in [9.17, 15) is 0 Å². The Labute approximate surface area is 90.4 Å². The summed E-state index contributed by atoms with van der Waals surface area (Å²) in [4.78, 5) is 0.659. The zero-order chi connectivity index (χ0) is 9.68. The first-order valence-corrected chi connectivity index (χ1v) is 6.35.